The fourth-order valence-corrected chi connectivity index (χ4v) is 5.59. The quantitative estimate of drug-likeness (QED) is 0.666. The van der Waals surface area contributed by atoms with Crippen molar-refractivity contribution in [3.8, 4) is 0 Å². The molecule has 29 heavy (non-hydrogen) atoms. The van der Waals surface area contributed by atoms with Crippen molar-refractivity contribution < 1.29 is 4.79 Å². The van der Waals surface area contributed by atoms with Crippen molar-refractivity contribution >= 4 is 28.2 Å². The van der Waals surface area contributed by atoms with Crippen LogP contribution in [0.3, 0.4) is 0 Å². The molecule has 2 aromatic carbocycles. The molecule has 0 radical (unpaired) electrons. The van der Waals surface area contributed by atoms with Crippen molar-refractivity contribution in [3.05, 3.63) is 78.5 Å². The Morgan fingerprint density at radius 3 is 2.41 bits per heavy atom. The van der Waals surface area contributed by atoms with Crippen LogP contribution in [0.15, 0.2) is 72.9 Å². The topological polar surface area (TPSA) is 45.2 Å². The summed E-state index contributed by atoms with van der Waals surface area (Å²) in [4.78, 5) is 19.7. The molecule has 1 saturated heterocycles. The fourth-order valence-electron chi connectivity index (χ4n) is 5.59. The summed E-state index contributed by atoms with van der Waals surface area (Å²) in [7, 11) is 0. The van der Waals surface area contributed by atoms with E-state index in [2.05, 4.69) is 39.5 Å². The summed E-state index contributed by atoms with van der Waals surface area (Å²) >= 11 is 0. The monoisotopic (exact) mass is 381 g/mol. The van der Waals surface area contributed by atoms with E-state index >= 15 is 0 Å². The minimum absolute atomic E-state index is 0.102. The number of nitrogens with zero attached hydrogens (tertiary/aromatic N) is 2. The Morgan fingerprint density at radius 1 is 0.931 bits per heavy atom. The number of anilines is 2. The van der Waals surface area contributed by atoms with Crippen LogP contribution in [0.2, 0.25) is 0 Å². The SMILES string of the molecule is O=C(Nc1cccc2cccnc12)c1ccc(N2CC3C(C2)[C@H]2C=C[C@H]3C2)cc1. The number of allylic oxidation sites excluding steroid dienone is 2. The lowest BCUT2D eigenvalue weighted by atomic mass is 9.86. The van der Waals surface area contributed by atoms with Crippen molar-refractivity contribution in [1.82, 2.24) is 4.98 Å². The second kappa shape index (κ2) is 6.45. The van der Waals surface area contributed by atoms with Gasteiger partial charge < -0.3 is 10.2 Å². The molecule has 2 fully saturated rings. The molecule has 2 bridgehead atoms. The summed E-state index contributed by atoms with van der Waals surface area (Å²) in [6.45, 7) is 2.28. The van der Waals surface area contributed by atoms with Crippen molar-refractivity contribution in [2.45, 2.75) is 6.42 Å². The van der Waals surface area contributed by atoms with E-state index in [1.165, 1.54) is 12.1 Å². The number of rotatable bonds is 3. The normalized spacial score (nSPS) is 26.8. The van der Waals surface area contributed by atoms with E-state index in [1.54, 1.807) is 6.20 Å². The molecule has 4 atom stereocenters. The van der Waals surface area contributed by atoms with Crippen molar-refractivity contribution in [2.75, 3.05) is 23.3 Å². The van der Waals surface area contributed by atoms with Gasteiger partial charge in [0.05, 0.1) is 11.2 Å². The van der Waals surface area contributed by atoms with Crippen LogP contribution in [0.25, 0.3) is 10.9 Å². The highest BCUT2D eigenvalue weighted by Crippen LogP contribution is 2.51. The number of carbonyl (C=O) groups excluding carboxylic acids is 1. The minimum atomic E-state index is -0.102. The van der Waals surface area contributed by atoms with Gasteiger partial charge in [-0.25, -0.2) is 0 Å². The first-order valence-corrected chi connectivity index (χ1v) is 10.4. The van der Waals surface area contributed by atoms with Crippen LogP contribution in [-0.4, -0.2) is 24.0 Å². The van der Waals surface area contributed by atoms with Gasteiger partial charge in [0.2, 0.25) is 0 Å². The van der Waals surface area contributed by atoms with Crippen LogP contribution >= 0.6 is 0 Å². The highest BCUT2D eigenvalue weighted by Gasteiger charge is 2.49. The van der Waals surface area contributed by atoms with Crippen molar-refractivity contribution in [1.29, 1.82) is 0 Å². The lowest BCUT2D eigenvalue weighted by molar-refractivity contribution is 0.102. The molecule has 3 aromatic rings. The fraction of sp³-hybridized carbons (Fsp3) is 0.280. The summed E-state index contributed by atoms with van der Waals surface area (Å²) in [5.74, 6) is 3.10. The highest BCUT2D eigenvalue weighted by atomic mass is 16.1. The number of pyridine rings is 1. The first kappa shape index (κ1) is 16.8. The van der Waals surface area contributed by atoms with Crippen LogP contribution in [0.4, 0.5) is 11.4 Å². The van der Waals surface area contributed by atoms with Gasteiger partial charge in [-0.2, -0.15) is 0 Å². The Balaban J connectivity index is 1.18. The Bertz CT molecular complexity index is 1100. The molecule has 1 saturated carbocycles. The van der Waals surface area contributed by atoms with Gasteiger partial charge >= 0.3 is 0 Å². The van der Waals surface area contributed by atoms with Crippen LogP contribution in [0, 0.1) is 23.7 Å². The van der Waals surface area contributed by atoms with Gasteiger partial charge in [0.1, 0.15) is 0 Å². The van der Waals surface area contributed by atoms with Gasteiger partial charge in [0, 0.05) is 35.9 Å². The zero-order valence-corrected chi connectivity index (χ0v) is 16.2. The maximum atomic E-state index is 12.8. The number of benzene rings is 2. The number of aromatic nitrogens is 1. The molecule has 1 aliphatic heterocycles. The van der Waals surface area contributed by atoms with Crippen molar-refractivity contribution in [3.63, 3.8) is 0 Å². The first-order valence-electron chi connectivity index (χ1n) is 10.4. The van der Waals surface area contributed by atoms with E-state index in [1.807, 2.05) is 42.5 Å². The van der Waals surface area contributed by atoms with E-state index in [0.717, 1.165) is 53.4 Å². The smallest absolute Gasteiger partial charge is 0.255 e. The first-order chi connectivity index (χ1) is 14.3. The molecule has 2 heterocycles. The zero-order valence-electron chi connectivity index (χ0n) is 16.2. The predicted molar refractivity (Wildman–Crippen MR) is 116 cm³/mol. The molecular weight excluding hydrogens is 358 g/mol. The second-order valence-electron chi connectivity index (χ2n) is 8.56. The number of para-hydroxylation sites is 1. The third-order valence-electron chi connectivity index (χ3n) is 7.04. The number of hydrogen-bond acceptors (Lipinski definition) is 3. The van der Waals surface area contributed by atoms with Gasteiger partial charge in [-0.05, 0) is 66.5 Å². The lowest BCUT2D eigenvalue weighted by Gasteiger charge is -2.21. The molecule has 1 amide bonds. The van der Waals surface area contributed by atoms with E-state index in [4.69, 9.17) is 0 Å². The van der Waals surface area contributed by atoms with Gasteiger partial charge in [-0.15, -0.1) is 0 Å². The molecule has 4 nitrogen and oxygen atoms in total. The second-order valence-corrected chi connectivity index (χ2v) is 8.56. The van der Waals surface area contributed by atoms with E-state index in [9.17, 15) is 4.79 Å². The minimum Gasteiger partial charge on any atom is -0.371 e. The number of hydrogen-bond donors (Lipinski definition) is 1. The number of fused-ring (bicyclic) bond motifs is 6. The lowest BCUT2D eigenvalue weighted by Crippen LogP contribution is -2.22. The van der Waals surface area contributed by atoms with E-state index in [0.29, 0.717) is 5.56 Å². The Morgan fingerprint density at radius 2 is 1.66 bits per heavy atom. The molecule has 2 aliphatic carbocycles. The van der Waals surface area contributed by atoms with Gasteiger partial charge in [-0.3, -0.25) is 9.78 Å². The largest absolute Gasteiger partial charge is 0.371 e. The molecule has 0 spiro atoms. The zero-order chi connectivity index (χ0) is 19.4. The molecule has 3 aliphatic rings. The Kier molecular flexibility index (Phi) is 3.73. The average molecular weight is 381 g/mol. The van der Waals surface area contributed by atoms with Crippen LogP contribution < -0.4 is 10.2 Å². The van der Waals surface area contributed by atoms with Crippen LogP contribution in [0.5, 0.6) is 0 Å². The summed E-state index contributed by atoms with van der Waals surface area (Å²) in [5.41, 5.74) is 3.45. The number of amides is 1. The van der Waals surface area contributed by atoms with Crippen molar-refractivity contribution in [2.24, 2.45) is 23.7 Å². The molecule has 4 heteroatoms. The Hall–Kier alpha value is -3.14. The third-order valence-corrected chi connectivity index (χ3v) is 7.04. The molecule has 1 aromatic heterocycles. The van der Waals surface area contributed by atoms with Crippen LogP contribution in [0.1, 0.15) is 16.8 Å². The molecule has 1 N–H and O–H groups in total. The average Bonchev–Trinajstić information content (AvgIpc) is 3.48. The Labute approximate surface area is 170 Å². The summed E-state index contributed by atoms with van der Waals surface area (Å²) < 4.78 is 0. The molecule has 144 valence electrons. The maximum absolute atomic E-state index is 12.8. The van der Waals surface area contributed by atoms with E-state index < -0.39 is 0 Å². The molecule has 2 unspecified atom stereocenters. The summed E-state index contributed by atoms with van der Waals surface area (Å²) in [5, 5.41) is 4.04. The predicted octanol–water partition coefficient (Wildman–Crippen LogP) is 4.75. The maximum Gasteiger partial charge on any atom is 0.255 e. The summed E-state index contributed by atoms with van der Waals surface area (Å²) in [6.07, 6.45) is 7.99. The van der Waals surface area contributed by atoms with Gasteiger partial charge in [-0.1, -0.05) is 30.4 Å². The standard InChI is InChI=1S/C25H23N3O/c29-25(27-23-5-1-3-16-4-2-12-26-24(16)23)17-8-10-20(11-9-17)28-14-21-18-6-7-19(13-18)22(21)15-28/h1-12,18-19,21-22H,13-15H2,(H,27,29)/t18-,19-,21?,22?/m0/s1. The summed E-state index contributed by atoms with van der Waals surface area (Å²) in [6, 6.07) is 17.8. The van der Waals surface area contributed by atoms with Gasteiger partial charge in [0.25, 0.3) is 5.91 Å². The molecular formula is C25H23N3O. The number of carbonyl (C=O) groups is 1. The van der Waals surface area contributed by atoms with Crippen LogP contribution in [-0.2, 0) is 0 Å². The van der Waals surface area contributed by atoms with Gasteiger partial charge in [0.15, 0.2) is 0 Å². The molecule has 6 rings (SSSR count). The third kappa shape index (κ3) is 2.74. The number of nitrogens with one attached hydrogen (secondary N) is 1. The highest BCUT2D eigenvalue weighted by molar-refractivity contribution is 6.08. The van der Waals surface area contributed by atoms with E-state index in [-0.39, 0.29) is 5.91 Å².